The van der Waals surface area contributed by atoms with Crippen LogP contribution in [0.4, 0.5) is 4.39 Å². The molecule has 114 valence electrons. The largest absolute Gasteiger partial charge is 0.374 e. The van der Waals surface area contributed by atoms with Crippen LogP contribution >= 0.6 is 15.9 Å². The second-order valence-electron chi connectivity index (χ2n) is 4.86. The zero-order valence-electron chi connectivity index (χ0n) is 12.4. The van der Waals surface area contributed by atoms with Crippen LogP contribution in [-0.2, 0) is 11.2 Å². The van der Waals surface area contributed by atoms with Crippen LogP contribution in [0, 0.1) is 5.82 Å². The fraction of sp³-hybridized carbons (Fsp3) is 0.600. The van der Waals surface area contributed by atoms with Gasteiger partial charge in [-0.2, -0.15) is 0 Å². The summed E-state index contributed by atoms with van der Waals surface area (Å²) in [5, 5.41) is 0. The second kappa shape index (κ2) is 8.08. The molecule has 3 nitrogen and oxygen atoms in total. The molecular formula is C15H24BrFN2O. The lowest BCUT2D eigenvalue weighted by Gasteiger charge is -2.39. The zero-order valence-corrected chi connectivity index (χ0v) is 14.0. The summed E-state index contributed by atoms with van der Waals surface area (Å²) in [5.74, 6) is 5.48. The molecule has 0 fully saturated rings. The van der Waals surface area contributed by atoms with Crippen molar-refractivity contribution in [1.29, 1.82) is 0 Å². The highest BCUT2D eigenvalue weighted by molar-refractivity contribution is 9.10. The zero-order chi connectivity index (χ0) is 15.2. The summed E-state index contributed by atoms with van der Waals surface area (Å²) in [6.07, 6.45) is 2.14. The Morgan fingerprint density at radius 1 is 1.35 bits per heavy atom. The van der Waals surface area contributed by atoms with Gasteiger partial charge in [-0.3, -0.25) is 11.3 Å². The summed E-state index contributed by atoms with van der Waals surface area (Å²) in [5.41, 5.74) is 3.09. The lowest BCUT2D eigenvalue weighted by atomic mass is 9.84. The Morgan fingerprint density at radius 3 is 2.45 bits per heavy atom. The topological polar surface area (TPSA) is 47.3 Å². The predicted molar refractivity (Wildman–Crippen MR) is 83.9 cm³/mol. The Hall–Kier alpha value is -0.490. The van der Waals surface area contributed by atoms with Crippen LogP contribution in [0.3, 0.4) is 0 Å². The maximum Gasteiger partial charge on any atom is 0.127 e. The van der Waals surface area contributed by atoms with Gasteiger partial charge in [-0.15, -0.1) is 0 Å². The smallest absolute Gasteiger partial charge is 0.127 e. The first-order valence-corrected chi connectivity index (χ1v) is 7.86. The van der Waals surface area contributed by atoms with Crippen molar-refractivity contribution in [2.75, 3.05) is 6.61 Å². The molecule has 0 saturated heterocycles. The van der Waals surface area contributed by atoms with Gasteiger partial charge in [-0.1, -0.05) is 35.8 Å². The van der Waals surface area contributed by atoms with E-state index in [4.69, 9.17) is 10.6 Å². The number of rotatable bonds is 8. The van der Waals surface area contributed by atoms with Gasteiger partial charge in [0, 0.05) is 11.1 Å². The molecule has 1 aromatic rings. The van der Waals surface area contributed by atoms with Crippen molar-refractivity contribution in [1.82, 2.24) is 5.43 Å². The quantitative estimate of drug-likeness (QED) is 0.558. The third-order valence-electron chi connectivity index (χ3n) is 3.90. The van der Waals surface area contributed by atoms with Crippen molar-refractivity contribution in [2.45, 2.75) is 51.7 Å². The highest BCUT2D eigenvalue weighted by Crippen LogP contribution is 2.28. The van der Waals surface area contributed by atoms with E-state index in [9.17, 15) is 4.39 Å². The standard InChI is InChI=1S/C15H24BrFN2O/c1-4-15(5-2,20-6-3)14(19-18)9-11-7-8-12(16)10-13(11)17/h7-8,10,14,19H,4-6,9,18H2,1-3H3. The van der Waals surface area contributed by atoms with Crippen molar-refractivity contribution in [3.8, 4) is 0 Å². The van der Waals surface area contributed by atoms with E-state index in [1.54, 1.807) is 6.07 Å². The van der Waals surface area contributed by atoms with E-state index in [2.05, 4.69) is 35.2 Å². The van der Waals surface area contributed by atoms with Crippen LogP contribution in [0.5, 0.6) is 0 Å². The average molecular weight is 347 g/mol. The fourth-order valence-electron chi connectivity index (χ4n) is 2.64. The molecule has 0 radical (unpaired) electrons. The van der Waals surface area contributed by atoms with Crippen LogP contribution < -0.4 is 11.3 Å². The first-order chi connectivity index (χ1) is 9.52. The maximum absolute atomic E-state index is 14.0. The average Bonchev–Trinajstić information content (AvgIpc) is 2.44. The van der Waals surface area contributed by atoms with Crippen LogP contribution in [0.1, 0.15) is 39.2 Å². The van der Waals surface area contributed by atoms with E-state index < -0.39 is 0 Å². The predicted octanol–water partition coefficient (Wildman–Crippen LogP) is 3.56. The molecule has 0 saturated carbocycles. The van der Waals surface area contributed by atoms with Crippen LogP contribution in [0.2, 0.25) is 0 Å². The highest BCUT2D eigenvalue weighted by atomic mass is 79.9. The first-order valence-electron chi connectivity index (χ1n) is 7.07. The molecule has 1 rings (SSSR count). The summed E-state index contributed by atoms with van der Waals surface area (Å²) in [7, 11) is 0. The number of ether oxygens (including phenoxy) is 1. The van der Waals surface area contributed by atoms with E-state index in [0.29, 0.717) is 18.6 Å². The number of benzene rings is 1. The van der Waals surface area contributed by atoms with Gasteiger partial charge >= 0.3 is 0 Å². The summed E-state index contributed by atoms with van der Waals surface area (Å²) in [6.45, 7) is 6.72. The van der Waals surface area contributed by atoms with E-state index in [0.717, 1.165) is 17.3 Å². The van der Waals surface area contributed by atoms with Gasteiger partial charge in [0.15, 0.2) is 0 Å². The second-order valence-corrected chi connectivity index (χ2v) is 5.78. The molecule has 1 unspecified atom stereocenters. The molecule has 1 atom stereocenters. The van der Waals surface area contributed by atoms with Gasteiger partial charge in [-0.05, 0) is 43.9 Å². The highest BCUT2D eigenvalue weighted by Gasteiger charge is 2.36. The molecule has 0 heterocycles. The van der Waals surface area contributed by atoms with Gasteiger partial charge in [-0.25, -0.2) is 4.39 Å². The molecule has 3 N–H and O–H groups in total. The molecule has 1 aromatic carbocycles. The SMILES string of the molecule is CCOC(CC)(CC)C(Cc1ccc(Br)cc1F)NN. The van der Waals surface area contributed by atoms with Crippen molar-refractivity contribution < 1.29 is 9.13 Å². The Balaban J connectivity index is 2.99. The Labute approximate surface area is 129 Å². The number of halogens is 2. The van der Waals surface area contributed by atoms with E-state index in [-0.39, 0.29) is 17.5 Å². The molecule has 0 spiro atoms. The van der Waals surface area contributed by atoms with Crippen LogP contribution in [0.25, 0.3) is 0 Å². The van der Waals surface area contributed by atoms with Crippen molar-refractivity contribution >= 4 is 15.9 Å². The van der Waals surface area contributed by atoms with Crippen LogP contribution in [0.15, 0.2) is 22.7 Å². The molecule has 0 aromatic heterocycles. The minimum Gasteiger partial charge on any atom is -0.374 e. The number of nitrogens with two attached hydrogens (primary N) is 1. The minimum atomic E-state index is -0.372. The molecule has 0 aliphatic carbocycles. The molecule has 0 aliphatic rings. The fourth-order valence-corrected chi connectivity index (χ4v) is 2.97. The van der Waals surface area contributed by atoms with E-state index in [1.165, 1.54) is 6.07 Å². The lowest BCUT2D eigenvalue weighted by molar-refractivity contribution is -0.0720. The number of hydrogen-bond acceptors (Lipinski definition) is 3. The number of hydrazine groups is 1. The van der Waals surface area contributed by atoms with Gasteiger partial charge in [0.1, 0.15) is 5.82 Å². The molecule has 0 aliphatic heterocycles. The number of hydrogen-bond donors (Lipinski definition) is 2. The third-order valence-corrected chi connectivity index (χ3v) is 4.40. The van der Waals surface area contributed by atoms with E-state index >= 15 is 0 Å². The van der Waals surface area contributed by atoms with Gasteiger partial charge in [0.25, 0.3) is 0 Å². The van der Waals surface area contributed by atoms with Gasteiger partial charge in [0.2, 0.25) is 0 Å². The van der Waals surface area contributed by atoms with Gasteiger partial charge < -0.3 is 4.74 Å². The Kier molecular flexibility index (Phi) is 7.09. The third kappa shape index (κ3) is 4.01. The summed E-state index contributed by atoms with van der Waals surface area (Å²) >= 11 is 3.27. The molecule has 20 heavy (non-hydrogen) atoms. The summed E-state index contributed by atoms with van der Waals surface area (Å²) in [6, 6.07) is 4.97. The van der Waals surface area contributed by atoms with E-state index in [1.807, 2.05) is 13.0 Å². The van der Waals surface area contributed by atoms with Crippen molar-refractivity contribution in [3.63, 3.8) is 0 Å². The number of nitrogens with one attached hydrogen (secondary N) is 1. The van der Waals surface area contributed by atoms with Gasteiger partial charge in [0.05, 0.1) is 11.6 Å². The molecule has 5 heteroatoms. The van der Waals surface area contributed by atoms with Crippen molar-refractivity contribution in [2.24, 2.45) is 5.84 Å². The first kappa shape index (κ1) is 17.6. The maximum atomic E-state index is 14.0. The molecule has 0 bridgehead atoms. The molecule has 0 amide bonds. The summed E-state index contributed by atoms with van der Waals surface area (Å²) in [4.78, 5) is 0. The Bertz CT molecular complexity index is 424. The summed E-state index contributed by atoms with van der Waals surface area (Å²) < 4.78 is 20.7. The van der Waals surface area contributed by atoms with Crippen LogP contribution in [-0.4, -0.2) is 18.2 Å². The Morgan fingerprint density at radius 2 is 2.00 bits per heavy atom. The minimum absolute atomic E-state index is 0.131. The molecular weight excluding hydrogens is 323 g/mol. The van der Waals surface area contributed by atoms with Crippen molar-refractivity contribution in [3.05, 3.63) is 34.1 Å². The monoisotopic (exact) mass is 346 g/mol. The lowest BCUT2D eigenvalue weighted by Crippen LogP contribution is -2.55. The normalized spacial score (nSPS) is 13.5.